The van der Waals surface area contributed by atoms with E-state index in [0.717, 1.165) is 40.8 Å². The predicted octanol–water partition coefficient (Wildman–Crippen LogP) is 4.08. The van der Waals surface area contributed by atoms with Crippen molar-refractivity contribution in [3.05, 3.63) is 59.0 Å². The summed E-state index contributed by atoms with van der Waals surface area (Å²) in [6.45, 7) is 1.75. The first-order valence-electron chi connectivity index (χ1n) is 9.71. The third-order valence-electron chi connectivity index (χ3n) is 4.93. The van der Waals surface area contributed by atoms with E-state index in [0.29, 0.717) is 17.2 Å². The Morgan fingerprint density at radius 1 is 1.10 bits per heavy atom. The van der Waals surface area contributed by atoms with Crippen LogP contribution < -0.4 is 19.5 Å². The van der Waals surface area contributed by atoms with E-state index in [-0.39, 0.29) is 5.91 Å². The van der Waals surface area contributed by atoms with E-state index >= 15 is 0 Å². The Bertz CT molecular complexity index is 1050. The van der Waals surface area contributed by atoms with E-state index in [9.17, 15) is 4.79 Å². The van der Waals surface area contributed by atoms with Gasteiger partial charge in [0.05, 0.1) is 33.6 Å². The van der Waals surface area contributed by atoms with Crippen LogP contribution >= 0.6 is 11.8 Å². The van der Waals surface area contributed by atoms with Crippen molar-refractivity contribution in [1.82, 2.24) is 4.90 Å². The molecular weight excluding hydrogens is 414 g/mol. The number of carbonyl (C=O) groups is 1. The standard InChI is InChI=1S/C23H23N3O4S/c1-28-19-12-15(13-20(29-2)22(19)30-3)4-9-21(27)25-17-7-5-16(6-8-17)18-14-31-23-24-10-11-26(18)23/h4-9,12-14H,10-11H2,1-3H3,(H,25,27)/b9-4+. The summed E-state index contributed by atoms with van der Waals surface area (Å²) in [4.78, 5) is 19.1. The van der Waals surface area contributed by atoms with E-state index in [4.69, 9.17) is 14.2 Å². The first kappa shape index (κ1) is 20.9. The number of benzene rings is 2. The third kappa shape index (κ3) is 4.39. The van der Waals surface area contributed by atoms with Gasteiger partial charge in [-0.2, -0.15) is 0 Å². The number of ether oxygens (including phenoxy) is 3. The van der Waals surface area contributed by atoms with Gasteiger partial charge in [0.15, 0.2) is 16.7 Å². The number of fused-ring (bicyclic) bond motifs is 1. The molecule has 0 aromatic heterocycles. The van der Waals surface area contributed by atoms with E-state index in [1.165, 1.54) is 6.08 Å². The topological polar surface area (TPSA) is 72.4 Å². The number of methoxy groups -OCH3 is 3. The van der Waals surface area contributed by atoms with E-state index < -0.39 is 0 Å². The molecule has 0 unspecified atom stereocenters. The van der Waals surface area contributed by atoms with Gasteiger partial charge in [0.1, 0.15) is 0 Å². The van der Waals surface area contributed by atoms with Gasteiger partial charge < -0.3 is 24.4 Å². The molecule has 1 amide bonds. The molecule has 0 aliphatic carbocycles. The molecule has 0 atom stereocenters. The lowest BCUT2D eigenvalue weighted by molar-refractivity contribution is -0.111. The summed E-state index contributed by atoms with van der Waals surface area (Å²) in [5.41, 5.74) is 3.74. The van der Waals surface area contributed by atoms with Gasteiger partial charge in [-0.1, -0.05) is 23.9 Å². The summed E-state index contributed by atoms with van der Waals surface area (Å²) in [7, 11) is 4.66. The molecule has 2 aliphatic rings. The maximum absolute atomic E-state index is 12.4. The molecule has 2 heterocycles. The maximum Gasteiger partial charge on any atom is 0.248 e. The Labute approximate surface area is 185 Å². The van der Waals surface area contributed by atoms with Gasteiger partial charge in [0, 0.05) is 23.7 Å². The van der Waals surface area contributed by atoms with Crippen LogP contribution in [0.2, 0.25) is 0 Å². The van der Waals surface area contributed by atoms with Gasteiger partial charge in [-0.25, -0.2) is 0 Å². The number of hydrogen-bond acceptors (Lipinski definition) is 7. The molecule has 160 valence electrons. The molecule has 0 fully saturated rings. The Balaban J connectivity index is 1.42. The molecule has 0 radical (unpaired) electrons. The molecule has 0 bridgehead atoms. The van der Waals surface area contributed by atoms with E-state index in [2.05, 4.69) is 20.6 Å². The lowest BCUT2D eigenvalue weighted by atomic mass is 10.1. The minimum absolute atomic E-state index is 0.230. The average Bonchev–Trinajstić information content (AvgIpc) is 3.41. The number of hydrogen-bond donors (Lipinski definition) is 1. The number of amides is 1. The Morgan fingerprint density at radius 2 is 1.81 bits per heavy atom. The van der Waals surface area contributed by atoms with Crippen LogP contribution in [0, 0.1) is 0 Å². The van der Waals surface area contributed by atoms with Gasteiger partial charge in [0.2, 0.25) is 11.7 Å². The van der Waals surface area contributed by atoms with E-state index in [1.807, 2.05) is 24.3 Å². The molecule has 2 aliphatic heterocycles. The van der Waals surface area contributed by atoms with Gasteiger partial charge in [0.25, 0.3) is 0 Å². The maximum atomic E-state index is 12.4. The van der Waals surface area contributed by atoms with Crippen molar-refractivity contribution in [3.8, 4) is 17.2 Å². The quantitative estimate of drug-likeness (QED) is 0.658. The lowest BCUT2D eigenvalue weighted by Gasteiger charge is -2.16. The molecule has 2 aromatic rings. The number of nitrogens with zero attached hydrogens (tertiary/aromatic N) is 2. The van der Waals surface area contributed by atoms with Crippen LogP contribution in [0.15, 0.2) is 52.9 Å². The Kier molecular flexibility index (Phi) is 6.18. The number of thioether (sulfide) groups is 1. The zero-order valence-electron chi connectivity index (χ0n) is 17.5. The highest BCUT2D eigenvalue weighted by Gasteiger charge is 2.26. The summed E-state index contributed by atoms with van der Waals surface area (Å²) in [6, 6.07) is 11.4. The van der Waals surface area contributed by atoms with Crippen molar-refractivity contribution in [1.29, 1.82) is 0 Å². The van der Waals surface area contributed by atoms with Gasteiger partial charge in [-0.3, -0.25) is 9.79 Å². The molecule has 2 aromatic carbocycles. The molecule has 0 spiro atoms. The highest BCUT2D eigenvalue weighted by atomic mass is 32.2. The SMILES string of the molecule is COc1cc(/C=C/C(=O)Nc2ccc(C3=CSC4=NCCN34)cc2)cc(OC)c1OC. The second kappa shape index (κ2) is 9.18. The normalized spacial score (nSPS) is 14.9. The minimum Gasteiger partial charge on any atom is -0.493 e. The van der Waals surface area contributed by atoms with Crippen LogP contribution in [0.25, 0.3) is 11.8 Å². The number of amidine groups is 1. The number of nitrogens with one attached hydrogen (secondary N) is 1. The highest BCUT2D eigenvalue weighted by Crippen LogP contribution is 2.38. The average molecular weight is 438 g/mol. The van der Waals surface area contributed by atoms with Crippen molar-refractivity contribution in [2.24, 2.45) is 4.99 Å². The first-order chi connectivity index (χ1) is 15.1. The van der Waals surface area contributed by atoms with Crippen LogP contribution in [-0.2, 0) is 4.79 Å². The number of carbonyl (C=O) groups excluding carboxylic acids is 1. The molecule has 0 saturated heterocycles. The van der Waals surface area contributed by atoms with Gasteiger partial charge in [-0.15, -0.1) is 0 Å². The molecular formula is C23H23N3O4S. The van der Waals surface area contributed by atoms with Crippen molar-refractivity contribution >= 4 is 40.3 Å². The van der Waals surface area contributed by atoms with Crippen LogP contribution in [0.4, 0.5) is 5.69 Å². The van der Waals surface area contributed by atoms with Crippen molar-refractivity contribution < 1.29 is 19.0 Å². The van der Waals surface area contributed by atoms with Crippen LogP contribution in [0.3, 0.4) is 0 Å². The van der Waals surface area contributed by atoms with Crippen LogP contribution in [-0.4, -0.2) is 50.4 Å². The largest absolute Gasteiger partial charge is 0.493 e. The molecule has 31 heavy (non-hydrogen) atoms. The molecule has 4 rings (SSSR count). The predicted molar refractivity (Wildman–Crippen MR) is 125 cm³/mol. The number of anilines is 1. The van der Waals surface area contributed by atoms with Crippen molar-refractivity contribution in [2.75, 3.05) is 39.7 Å². The fourth-order valence-corrected chi connectivity index (χ4v) is 4.39. The van der Waals surface area contributed by atoms with Crippen molar-refractivity contribution in [2.45, 2.75) is 0 Å². The fourth-order valence-electron chi connectivity index (χ4n) is 3.42. The second-order valence-corrected chi connectivity index (χ2v) is 7.63. The fraction of sp³-hybridized carbons (Fsp3) is 0.217. The number of rotatable bonds is 7. The Morgan fingerprint density at radius 3 is 2.45 bits per heavy atom. The minimum atomic E-state index is -0.230. The van der Waals surface area contributed by atoms with E-state index in [1.54, 1.807) is 51.3 Å². The Hall–Kier alpha value is -3.39. The summed E-state index contributed by atoms with van der Waals surface area (Å²) in [5, 5.41) is 6.06. The number of aliphatic imine (C=N–C) groups is 1. The summed E-state index contributed by atoms with van der Waals surface area (Å²) in [5.74, 6) is 1.34. The molecule has 8 heteroatoms. The zero-order chi connectivity index (χ0) is 21.8. The summed E-state index contributed by atoms with van der Waals surface area (Å²) in [6.07, 6.45) is 3.17. The third-order valence-corrected chi connectivity index (χ3v) is 5.83. The highest BCUT2D eigenvalue weighted by molar-refractivity contribution is 8.16. The van der Waals surface area contributed by atoms with Crippen LogP contribution in [0.1, 0.15) is 11.1 Å². The van der Waals surface area contributed by atoms with Crippen molar-refractivity contribution in [3.63, 3.8) is 0 Å². The summed E-state index contributed by atoms with van der Waals surface area (Å²) < 4.78 is 16.0. The lowest BCUT2D eigenvalue weighted by Crippen LogP contribution is -2.19. The molecule has 0 saturated carbocycles. The smallest absolute Gasteiger partial charge is 0.248 e. The summed E-state index contributed by atoms with van der Waals surface area (Å²) >= 11 is 1.65. The first-order valence-corrected chi connectivity index (χ1v) is 10.6. The zero-order valence-corrected chi connectivity index (χ0v) is 18.4. The monoisotopic (exact) mass is 437 g/mol. The second-order valence-electron chi connectivity index (χ2n) is 6.80. The molecule has 7 nitrogen and oxygen atoms in total. The van der Waals surface area contributed by atoms with Crippen LogP contribution in [0.5, 0.6) is 17.2 Å². The molecule has 1 N–H and O–H groups in total. The van der Waals surface area contributed by atoms with Gasteiger partial charge in [-0.05, 0) is 41.5 Å². The van der Waals surface area contributed by atoms with Gasteiger partial charge >= 0.3 is 0 Å².